The van der Waals surface area contributed by atoms with Crippen LogP contribution in [0.15, 0.2) is 58.5 Å². The third-order valence-electron chi connectivity index (χ3n) is 5.59. The molecule has 0 saturated heterocycles. The summed E-state index contributed by atoms with van der Waals surface area (Å²) >= 11 is 7.42. The first-order valence-corrected chi connectivity index (χ1v) is 12.3. The topological polar surface area (TPSA) is 96.0 Å². The second kappa shape index (κ2) is 10.4. The van der Waals surface area contributed by atoms with Gasteiger partial charge in [0.1, 0.15) is 11.4 Å². The molecule has 0 radical (unpaired) electrons. The number of methoxy groups -OCH3 is 1. The molecule has 0 aliphatic rings. The zero-order valence-electron chi connectivity index (χ0n) is 19.8. The summed E-state index contributed by atoms with van der Waals surface area (Å²) in [7, 11) is 3.36. The van der Waals surface area contributed by atoms with Gasteiger partial charge in [-0.15, -0.1) is 10.2 Å². The second-order valence-corrected chi connectivity index (χ2v) is 9.05. The Labute approximate surface area is 211 Å². The molecule has 0 saturated carbocycles. The first kappa shape index (κ1) is 24.6. The fraction of sp³-hybridized carbons (Fsp3) is 0.250. The predicted octanol–water partition coefficient (Wildman–Crippen LogP) is 4.16. The van der Waals surface area contributed by atoms with Crippen molar-refractivity contribution in [2.24, 2.45) is 7.05 Å². The molecular weight excluding hydrogens is 488 g/mol. The minimum absolute atomic E-state index is 0.0594. The molecular formula is C24H25ClN6O3S. The molecule has 9 nitrogen and oxygen atoms in total. The van der Waals surface area contributed by atoms with E-state index in [0.717, 1.165) is 5.69 Å². The van der Waals surface area contributed by atoms with Crippen molar-refractivity contribution in [3.63, 3.8) is 0 Å². The number of ether oxygens (including phenoxy) is 1. The summed E-state index contributed by atoms with van der Waals surface area (Å²) in [4.78, 5) is 25.8. The van der Waals surface area contributed by atoms with Gasteiger partial charge in [-0.2, -0.15) is 0 Å². The minimum Gasteiger partial charge on any atom is -0.496 e. The lowest BCUT2D eigenvalue weighted by atomic mass is 10.2. The highest BCUT2D eigenvalue weighted by Gasteiger charge is 2.20. The largest absolute Gasteiger partial charge is 0.496 e. The Morgan fingerprint density at radius 1 is 1.17 bits per heavy atom. The summed E-state index contributed by atoms with van der Waals surface area (Å²) in [5, 5.41) is 12.5. The summed E-state index contributed by atoms with van der Waals surface area (Å²) in [5.41, 5.74) is 2.05. The molecule has 35 heavy (non-hydrogen) atoms. The van der Waals surface area contributed by atoms with Crippen LogP contribution in [-0.2, 0) is 18.4 Å². The lowest BCUT2D eigenvalue weighted by molar-refractivity contribution is -0.113. The lowest BCUT2D eigenvalue weighted by Gasteiger charge is -2.11. The van der Waals surface area contributed by atoms with Gasteiger partial charge in [-0.1, -0.05) is 41.6 Å². The number of amides is 1. The van der Waals surface area contributed by atoms with Gasteiger partial charge in [0.05, 0.1) is 29.8 Å². The molecule has 0 aliphatic carbocycles. The number of carbonyl (C=O) groups is 1. The van der Waals surface area contributed by atoms with Gasteiger partial charge in [0.25, 0.3) is 5.56 Å². The Morgan fingerprint density at radius 2 is 1.91 bits per heavy atom. The maximum atomic E-state index is 13.0. The fourth-order valence-electron chi connectivity index (χ4n) is 3.75. The Bertz CT molecular complexity index is 1430. The summed E-state index contributed by atoms with van der Waals surface area (Å²) in [6.07, 6.45) is 0. The van der Waals surface area contributed by atoms with Gasteiger partial charge in [-0.25, -0.2) is 4.68 Å². The van der Waals surface area contributed by atoms with Crippen molar-refractivity contribution in [2.45, 2.75) is 25.5 Å². The third kappa shape index (κ3) is 4.85. The monoisotopic (exact) mass is 512 g/mol. The second-order valence-electron chi connectivity index (χ2n) is 7.67. The Kier molecular flexibility index (Phi) is 7.32. The van der Waals surface area contributed by atoms with Gasteiger partial charge in [0.2, 0.25) is 5.91 Å². The third-order valence-corrected chi connectivity index (χ3v) is 6.79. The van der Waals surface area contributed by atoms with Gasteiger partial charge in [-0.3, -0.25) is 14.3 Å². The molecule has 11 heteroatoms. The van der Waals surface area contributed by atoms with Crippen LogP contribution >= 0.6 is 23.4 Å². The van der Waals surface area contributed by atoms with E-state index in [1.165, 1.54) is 16.4 Å². The standard InChI is InChI=1S/C24H25ClN6O3S/c1-5-30-22(18-13-16(25)11-12-19(18)34-4)27-28-24(30)35-14-20(32)26-21-15(2)29(3)31(23(21)33)17-9-7-6-8-10-17/h6-13H,5,14H2,1-4H3,(H,26,32). The van der Waals surface area contributed by atoms with E-state index in [9.17, 15) is 9.59 Å². The molecule has 2 aromatic carbocycles. The van der Waals surface area contributed by atoms with Crippen molar-refractivity contribution in [1.82, 2.24) is 24.1 Å². The summed E-state index contributed by atoms with van der Waals surface area (Å²) < 4.78 is 10.6. The number of hydrogen-bond acceptors (Lipinski definition) is 6. The predicted molar refractivity (Wildman–Crippen MR) is 138 cm³/mol. The molecule has 4 aromatic rings. The molecule has 0 atom stereocenters. The number of anilines is 1. The number of hydrogen-bond donors (Lipinski definition) is 1. The van der Waals surface area contributed by atoms with Gasteiger partial charge in [0, 0.05) is 18.6 Å². The average molecular weight is 513 g/mol. The number of nitrogens with one attached hydrogen (secondary N) is 1. The number of aromatic nitrogens is 5. The van der Waals surface area contributed by atoms with E-state index in [-0.39, 0.29) is 22.9 Å². The van der Waals surface area contributed by atoms with Crippen LogP contribution in [0.5, 0.6) is 5.75 Å². The molecule has 0 aliphatic heterocycles. The Morgan fingerprint density at radius 3 is 2.60 bits per heavy atom. The van der Waals surface area contributed by atoms with Crippen LogP contribution in [0, 0.1) is 6.92 Å². The van der Waals surface area contributed by atoms with Crippen molar-refractivity contribution in [3.8, 4) is 22.8 Å². The molecule has 0 spiro atoms. The van der Waals surface area contributed by atoms with Gasteiger partial charge in [-0.05, 0) is 44.2 Å². The molecule has 0 fully saturated rings. The van der Waals surface area contributed by atoms with Crippen molar-refractivity contribution >= 4 is 35.0 Å². The van der Waals surface area contributed by atoms with E-state index in [0.29, 0.717) is 39.6 Å². The Hall–Kier alpha value is -3.50. The molecule has 0 unspecified atom stereocenters. The summed E-state index contributed by atoms with van der Waals surface area (Å²) in [5.74, 6) is 0.970. The molecule has 0 bridgehead atoms. The normalized spacial score (nSPS) is 11.0. The fourth-order valence-corrected chi connectivity index (χ4v) is 4.73. The Balaban J connectivity index is 1.53. The van der Waals surface area contributed by atoms with E-state index in [1.54, 1.807) is 44.0 Å². The smallest absolute Gasteiger partial charge is 0.295 e. The van der Waals surface area contributed by atoms with E-state index in [1.807, 2.05) is 41.8 Å². The number of halogens is 1. The number of benzene rings is 2. The van der Waals surface area contributed by atoms with Crippen molar-refractivity contribution in [3.05, 3.63) is 69.6 Å². The van der Waals surface area contributed by atoms with Gasteiger partial charge >= 0.3 is 0 Å². The highest BCUT2D eigenvalue weighted by Crippen LogP contribution is 2.33. The average Bonchev–Trinajstić information content (AvgIpc) is 3.37. The number of para-hydroxylation sites is 1. The van der Waals surface area contributed by atoms with Crippen molar-refractivity contribution in [1.29, 1.82) is 0 Å². The zero-order chi connectivity index (χ0) is 25.1. The van der Waals surface area contributed by atoms with E-state index >= 15 is 0 Å². The number of nitrogens with zero attached hydrogens (tertiary/aromatic N) is 5. The first-order chi connectivity index (χ1) is 16.8. The molecule has 4 rings (SSSR count). The lowest BCUT2D eigenvalue weighted by Crippen LogP contribution is -2.23. The van der Waals surface area contributed by atoms with Crippen LogP contribution in [0.1, 0.15) is 12.6 Å². The zero-order valence-corrected chi connectivity index (χ0v) is 21.4. The molecule has 1 amide bonds. The van der Waals surface area contributed by atoms with Crippen LogP contribution in [-0.4, -0.2) is 42.9 Å². The molecule has 2 aromatic heterocycles. The minimum atomic E-state index is -0.312. The van der Waals surface area contributed by atoms with Crippen LogP contribution in [0.2, 0.25) is 5.02 Å². The highest BCUT2D eigenvalue weighted by molar-refractivity contribution is 7.99. The molecule has 1 N–H and O–H groups in total. The number of carbonyl (C=O) groups excluding carboxylic acids is 1. The van der Waals surface area contributed by atoms with Crippen molar-refractivity contribution in [2.75, 3.05) is 18.2 Å². The van der Waals surface area contributed by atoms with Crippen LogP contribution in [0.25, 0.3) is 17.1 Å². The van der Waals surface area contributed by atoms with Crippen LogP contribution < -0.4 is 15.6 Å². The molecule has 182 valence electrons. The van der Waals surface area contributed by atoms with E-state index in [2.05, 4.69) is 15.5 Å². The maximum Gasteiger partial charge on any atom is 0.295 e. The highest BCUT2D eigenvalue weighted by atomic mass is 35.5. The number of rotatable bonds is 8. The van der Waals surface area contributed by atoms with E-state index in [4.69, 9.17) is 16.3 Å². The number of thioether (sulfide) groups is 1. The quantitative estimate of drug-likeness (QED) is 0.356. The maximum absolute atomic E-state index is 13.0. The van der Waals surface area contributed by atoms with E-state index < -0.39 is 0 Å². The summed E-state index contributed by atoms with van der Waals surface area (Å²) in [6.45, 7) is 4.34. The molecule has 2 heterocycles. The SMILES string of the molecule is CCn1c(SCC(=O)Nc2c(C)n(C)n(-c3ccccc3)c2=O)nnc1-c1cc(Cl)ccc1OC. The van der Waals surface area contributed by atoms with Gasteiger partial charge in [0.15, 0.2) is 11.0 Å². The van der Waals surface area contributed by atoms with Crippen LogP contribution in [0.3, 0.4) is 0 Å². The van der Waals surface area contributed by atoms with Crippen molar-refractivity contribution < 1.29 is 9.53 Å². The van der Waals surface area contributed by atoms with Crippen LogP contribution in [0.4, 0.5) is 5.69 Å². The van der Waals surface area contributed by atoms with Gasteiger partial charge < -0.3 is 14.6 Å². The summed E-state index contributed by atoms with van der Waals surface area (Å²) in [6, 6.07) is 14.6. The first-order valence-electron chi connectivity index (χ1n) is 10.9.